The number of hydrogen-bond acceptors (Lipinski definition) is 5. The van der Waals surface area contributed by atoms with Crippen molar-refractivity contribution in [2.24, 2.45) is 7.05 Å². The number of para-hydroxylation sites is 1. The summed E-state index contributed by atoms with van der Waals surface area (Å²) in [5, 5.41) is 2.42. The number of rotatable bonds is 3. The first-order valence-electron chi connectivity index (χ1n) is 9.64. The van der Waals surface area contributed by atoms with Gasteiger partial charge in [0.15, 0.2) is 0 Å². The second kappa shape index (κ2) is 7.14. The Bertz CT molecular complexity index is 1360. The summed E-state index contributed by atoms with van der Waals surface area (Å²) in [6.07, 6.45) is 2.32. The molecule has 3 aromatic heterocycles. The van der Waals surface area contributed by atoms with Gasteiger partial charge in [0.2, 0.25) is 5.91 Å². The minimum atomic E-state index is -0.505. The molecule has 0 radical (unpaired) electrons. The highest BCUT2D eigenvalue weighted by molar-refractivity contribution is 7.10. The molecule has 7 nitrogen and oxygen atoms in total. The Hall–Kier alpha value is -3.39. The van der Waals surface area contributed by atoms with E-state index in [1.165, 1.54) is 9.44 Å². The predicted octanol–water partition coefficient (Wildman–Crippen LogP) is 2.53. The summed E-state index contributed by atoms with van der Waals surface area (Å²) in [7, 11) is 1.61. The Kier molecular flexibility index (Phi) is 4.43. The number of carbonyl (C=O) groups is 1. The molecule has 1 aromatic carbocycles. The van der Waals surface area contributed by atoms with Gasteiger partial charge in [-0.1, -0.05) is 12.1 Å². The zero-order valence-corrected chi connectivity index (χ0v) is 17.1. The lowest BCUT2D eigenvalue weighted by atomic mass is 9.97. The first kappa shape index (κ1) is 18.6. The Morgan fingerprint density at radius 1 is 1.17 bits per heavy atom. The summed E-state index contributed by atoms with van der Waals surface area (Å²) in [6, 6.07) is 12.2. The average Bonchev–Trinajstić information content (AvgIpc) is 3.46. The normalized spacial score (nSPS) is 16.0. The Labute approximate surface area is 175 Å². The van der Waals surface area contributed by atoms with Crippen LogP contribution in [0.4, 0.5) is 0 Å². The van der Waals surface area contributed by atoms with Crippen molar-refractivity contribution in [1.29, 1.82) is 0 Å². The average molecular weight is 421 g/mol. The molecule has 0 unspecified atom stereocenters. The lowest BCUT2D eigenvalue weighted by Gasteiger charge is -2.34. The largest absolute Gasteiger partial charge is 0.467 e. The van der Waals surface area contributed by atoms with Crippen LogP contribution in [0, 0.1) is 0 Å². The molecule has 1 aliphatic rings. The SMILES string of the molecule is Cn1c(=O)n(CC(=O)N2CCc3sccc3[C@@H]2c2ccco2)c(=O)c2ccccc21. The fourth-order valence-electron chi connectivity index (χ4n) is 4.17. The maximum Gasteiger partial charge on any atom is 0.331 e. The van der Waals surface area contributed by atoms with Crippen LogP contribution < -0.4 is 11.2 Å². The molecule has 1 atom stereocenters. The number of aryl methyl sites for hydroxylation is 1. The van der Waals surface area contributed by atoms with Crippen molar-refractivity contribution in [2.45, 2.75) is 19.0 Å². The standard InChI is InChI=1S/C22H19N3O4S/c1-23-16-6-3-2-5-14(16)21(27)25(22(23)28)13-19(26)24-10-8-18-15(9-12-30-18)20(24)17-7-4-11-29-17/h2-7,9,11-12,20H,8,10,13H2,1H3/t20-/m1/s1. The van der Waals surface area contributed by atoms with Gasteiger partial charge in [0.25, 0.3) is 5.56 Å². The summed E-state index contributed by atoms with van der Waals surface area (Å²) in [5.41, 5.74) is 0.624. The summed E-state index contributed by atoms with van der Waals surface area (Å²) in [5.74, 6) is 0.379. The van der Waals surface area contributed by atoms with Crippen molar-refractivity contribution in [1.82, 2.24) is 14.0 Å². The van der Waals surface area contributed by atoms with E-state index in [-0.39, 0.29) is 18.5 Å². The lowest BCUT2D eigenvalue weighted by Crippen LogP contribution is -2.47. The van der Waals surface area contributed by atoms with Crippen molar-refractivity contribution in [3.8, 4) is 0 Å². The maximum absolute atomic E-state index is 13.3. The van der Waals surface area contributed by atoms with E-state index < -0.39 is 11.2 Å². The van der Waals surface area contributed by atoms with E-state index in [1.807, 2.05) is 17.5 Å². The number of aromatic nitrogens is 2. The fraction of sp³-hybridized carbons (Fsp3) is 0.227. The van der Waals surface area contributed by atoms with E-state index in [0.717, 1.165) is 16.6 Å². The molecule has 30 heavy (non-hydrogen) atoms. The van der Waals surface area contributed by atoms with Gasteiger partial charge in [-0.3, -0.25) is 18.7 Å². The molecule has 0 bridgehead atoms. The van der Waals surface area contributed by atoms with Gasteiger partial charge in [0, 0.05) is 18.5 Å². The number of amides is 1. The molecule has 0 aliphatic carbocycles. The first-order valence-corrected chi connectivity index (χ1v) is 10.5. The minimum Gasteiger partial charge on any atom is -0.467 e. The topological polar surface area (TPSA) is 77.5 Å². The number of hydrogen-bond donors (Lipinski definition) is 0. The highest BCUT2D eigenvalue weighted by atomic mass is 32.1. The Morgan fingerprint density at radius 3 is 2.80 bits per heavy atom. The molecule has 4 aromatic rings. The lowest BCUT2D eigenvalue weighted by molar-refractivity contribution is -0.134. The van der Waals surface area contributed by atoms with Crippen LogP contribution in [-0.4, -0.2) is 26.5 Å². The Morgan fingerprint density at radius 2 is 2.00 bits per heavy atom. The van der Waals surface area contributed by atoms with Crippen LogP contribution in [0.2, 0.25) is 0 Å². The molecule has 1 aliphatic heterocycles. The van der Waals surface area contributed by atoms with Crippen LogP contribution in [0.3, 0.4) is 0 Å². The number of furan rings is 1. The maximum atomic E-state index is 13.3. The van der Waals surface area contributed by atoms with Gasteiger partial charge < -0.3 is 9.32 Å². The molecule has 5 rings (SSSR count). The van der Waals surface area contributed by atoms with E-state index in [4.69, 9.17) is 4.42 Å². The summed E-state index contributed by atoms with van der Waals surface area (Å²) in [6.45, 7) is 0.188. The summed E-state index contributed by atoms with van der Waals surface area (Å²) >= 11 is 1.66. The summed E-state index contributed by atoms with van der Waals surface area (Å²) < 4.78 is 8.06. The van der Waals surface area contributed by atoms with Crippen molar-refractivity contribution in [2.75, 3.05) is 6.54 Å². The van der Waals surface area contributed by atoms with E-state index in [9.17, 15) is 14.4 Å². The van der Waals surface area contributed by atoms with Crippen molar-refractivity contribution >= 4 is 28.1 Å². The monoisotopic (exact) mass is 421 g/mol. The molecular formula is C22H19N3O4S. The van der Waals surface area contributed by atoms with Gasteiger partial charge >= 0.3 is 5.69 Å². The molecule has 0 saturated carbocycles. The van der Waals surface area contributed by atoms with E-state index in [0.29, 0.717) is 23.2 Å². The number of thiophene rings is 1. The number of nitrogens with zero attached hydrogens (tertiary/aromatic N) is 3. The van der Waals surface area contributed by atoms with Gasteiger partial charge in [-0.2, -0.15) is 0 Å². The van der Waals surface area contributed by atoms with E-state index >= 15 is 0 Å². The molecule has 1 amide bonds. The smallest absolute Gasteiger partial charge is 0.331 e. The quantitative estimate of drug-likeness (QED) is 0.509. The van der Waals surface area contributed by atoms with Crippen molar-refractivity contribution < 1.29 is 9.21 Å². The van der Waals surface area contributed by atoms with Gasteiger partial charge in [-0.15, -0.1) is 11.3 Å². The zero-order valence-electron chi connectivity index (χ0n) is 16.3. The molecule has 4 heterocycles. The minimum absolute atomic E-state index is 0.289. The molecule has 0 saturated heterocycles. The fourth-order valence-corrected chi connectivity index (χ4v) is 5.07. The Balaban J connectivity index is 1.56. The van der Waals surface area contributed by atoms with Gasteiger partial charge in [0.1, 0.15) is 18.3 Å². The molecule has 0 fully saturated rings. The molecule has 8 heteroatoms. The van der Waals surface area contributed by atoms with E-state index in [2.05, 4.69) is 0 Å². The molecular weight excluding hydrogens is 402 g/mol. The van der Waals surface area contributed by atoms with E-state index in [1.54, 1.807) is 59.9 Å². The van der Waals surface area contributed by atoms with Gasteiger partial charge in [-0.25, -0.2) is 4.79 Å². The van der Waals surface area contributed by atoms with Gasteiger partial charge in [0.05, 0.1) is 17.2 Å². The predicted molar refractivity (Wildman–Crippen MR) is 114 cm³/mol. The van der Waals surface area contributed by atoms with Crippen LogP contribution in [0.5, 0.6) is 0 Å². The number of carbonyl (C=O) groups excluding carboxylic acids is 1. The van der Waals surface area contributed by atoms with Crippen LogP contribution in [0.25, 0.3) is 10.9 Å². The zero-order chi connectivity index (χ0) is 20.8. The highest BCUT2D eigenvalue weighted by Gasteiger charge is 2.34. The van der Waals surface area contributed by atoms with Crippen LogP contribution in [-0.2, 0) is 24.8 Å². The van der Waals surface area contributed by atoms with Crippen molar-refractivity contribution in [3.63, 3.8) is 0 Å². The van der Waals surface area contributed by atoms with Crippen molar-refractivity contribution in [3.05, 3.63) is 91.1 Å². The highest BCUT2D eigenvalue weighted by Crippen LogP contribution is 2.38. The number of fused-ring (bicyclic) bond motifs is 2. The molecule has 152 valence electrons. The van der Waals surface area contributed by atoms with Crippen LogP contribution >= 0.6 is 11.3 Å². The third-order valence-electron chi connectivity index (χ3n) is 5.65. The molecule has 0 N–H and O–H groups in total. The molecule has 0 spiro atoms. The summed E-state index contributed by atoms with van der Waals surface area (Å²) in [4.78, 5) is 42.0. The number of benzene rings is 1. The van der Waals surface area contributed by atoms with Crippen LogP contribution in [0.15, 0.2) is 68.1 Å². The second-order valence-corrected chi connectivity index (χ2v) is 8.30. The second-order valence-electron chi connectivity index (χ2n) is 7.30. The first-order chi connectivity index (χ1) is 14.6. The van der Waals surface area contributed by atoms with Crippen LogP contribution in [0.1, 0.15) is 22.2 Å². The third kappa shape index (κ3) is 2.83. The third-order valence-corrected chi connectivity index (χ3v) is 6.65. The van der Waals surface area contributed by atoms with Gasteiger partial charge in [-0.05, 0) is 47.7 Å².